The van der Waals surface area contributed by atoms with E-state index in [0.717, 1.165) is 25.9 Å². The molecule has 0 aliphatic carbocycles. The molecule has 5 heteroatoms. The van der Waals surface area contributed by atoms with E-state index in [2.05, 4.69) is 10.2 Å². The summed E-state index contributed by atoms with van der Waals surface area (Å²) in [5.41, 5.74) is 0. The van der Waals surface area contributed by atoms with Crippen LogP contribution in [-0.4, -0.2) is 67.3 Å². The van der Waals surface area contributed by atoms with Gasteiger partial charge in [0.25, 0.3) is 0 Å². The number of carbonyl (C=O) groups is 2. The summed E-state index contributed by atoms with van der Waals surface area (Å²) in [4.78, 5) is 27.3. The first kappa shape index (κ1) is 13.5. The van der Waals surface area contributed by atoms with Crippen LogP contribution in [0, 0.1) is 0 Å². The van der Waals surface area contributed by atoms with E-state index in [0.29, 0.717) is 38.5 Å². The number of ketones is 1. The molecule has 5 nitrogen and oxygen atoms in total. The average Bonchev–Trinajstić information content (AvgIpc) is 2.40. The van der Waals surface area contributed by atoms with Crippen molar-refractivity contribution >= 4 is 11.7 Å². The van der Waals surface area contributed by atoms with E-state index in [1.165, 1.54) is 0 Å². The van der Waals surface area contributed by atoms with Crippen LogP contribution in [0.3, 0.4) is 0 Å². The van der Waals surface area contributed by atoms with Gasteiger partial charge in [-0.15, -0.1) is 0 Å². The van der Waals surface area contributed by atoms with Crippen LogP contribution >= 0.6 is 0 Å². The maximum absolute atomic E-state index is 12.1. The van der Waals surface area contributed by atoms with Crippen molar-refractivity contribution in [2.24, 2.45) is 0 Å². The van der Waals surface area contributed by atoms with Gasteiger partial charge < -0.3 is 10.2 Å². The molecule has 0 spiro atoms. The summed E-state index contributed by atoms with van der Waals surface area (Å²) in [6.07, 6.45) is 3.29. The average molecular weight is 253 g/mol. The summed E-state index contributed by atoms with van der Waals surface area (Å²) in [6.45, 7) is 3.79. The molecule has 102 valence electrons. The Morgan fingerprint density at radius 3 is 2.56 bits per heavy atom. The van der Waals surface area contributed by atoms with E-state index in [4.69, 9.17) is 0 Å². The minimum Gasteiger partial charge on any atom is -0.341 e. The van der Waals surface area contributed by atoms with Crippen molar-refractivity contribution in [2.75, 3.05) is 39.8 Å². The van der Waals surface area contributed by atoms with Crippen molar-refractivity contribution in [3.05, 3.63) is 0 Å². The zero-order chi connectivity index (χ0) is 13.0. The highest BCUT2D eigenvalue weighted by Crippen LogP contribution is 2.11. The van der Waals surface area contributed by atoms with Gasteiger partial charge in [0, 0.05) is 32.0 Å². The van der Waals surface area contributed by atoms with E-state index in [-0.39, 0.29) is 11.7 Å². The summed E-state index contributed by atoms with van der Waals surface area (Å²) in [7, 11) is 2.03. The molecule has 0 unspecified atom stereocenters. The van der Waals surface area contributed by atoms with Crippen LogP contribution in [0.15, 0.2) is 0 Å². The number of hydrogen-bond acceptors (Lipinski definition) is 4. The number of hydrogen-bond donors (Lipinski definition) is 1. The normalized spacial score (nSPS) is 22.6. The van der Waals surface area contributed by atoms with Crippen LogP contribution < -0.4 is 5.32 Å². The first-order valence-corrected chi connectivity index (χ1v) is 6.87. The van der Waals surface area contributed by atoms with Crippen molar-refractivity contribution in [1.82, 2.24) is 15.1 Å². The van der Waals surface area contributed by atoms with Gasteiger partial charge in [-0.05, 0) is 33.0 Å². The molecule has 0 saturated carbocycles. The van der Waals surface area contributed by atoms with Crippen LogP contribution in [-0.2, 0) is 9.59 Å². The van der Waals surface area contributed by atoms with Gasteiger partial charge in [-0.3, -0.25) is 14.5 Å². The maximum atomic E-state index is 12.1. The highest BCUT2D eigenvalue weighted by molar-refractivity contribution is 5.84. The molecule has 2 aliphatic rings. The molecule has 0 atom stereocenters. The zero-order valence-corrected chi connectivity index (χ0v) is 11.2. The number of piperidine rings is 2. The van der Waals surface area contributed by atoms with E-state index in [1.807, 2.05) is 11.9 Å². The van der Waals surface area contributed by atoms with Gasteiger partial charge in [0.2, 0.25) is 5.91 Å². The van der Waals surface area contributed by atoms with Crippen molar-refractivity contribution < 1.29 is 9.59 Å². The molecular weight excluding hydrogens is 230 g/mol. The highest BCUT2D eigenvalue weighted by Gasteiger charge is 2.24. The van der Waals surface area contributed by atoms with Gasteiger partial charge in [-0.2, -0.15) is 0 Å². The third-order valence-electron chi connectivity index (χ3n) is 3.99. The Morgan fingerprint density at radius 1 is 1.33 bits per heavy atom. The number of carbonyl (C=O) groups excluding carboxylic acids is 2. The summed E-state index contributed by atoms with van der Waals surface area (Å²) in [6, 6.07) is 0.515. The SMILES string of the molecule is CN(CC(=O)N1CCC(=O)CC1)C1CCNCC1. The molecule has 18 heavy (non-hydrogen) atoms. The molecule has 0 bridgehead atoms. The van der Waals surface area contributed by atoms with Crippen LogP contribution in [0.4, 0.5) is 0 Å². The van der Waals surface area contributed by atoms with Gasteiger partial charge in [-0.1, -0.05) is 0 Å². The van der Waals surface area contributed by atoms with E-state index in [9.17, 15) is 9.59 Å². The van der Waals surface area contributed by atoms with Crippen LogP contribution in [0.25, 0.3) is 0 Å². The molecule has 2 fully saturated rings. The number of rotatable bonds is 3. The fraction of sp³-hybridized carbons (Fsp3) is 0.846. The van der Waals surface area contributed by atoms with Gasteiger partial charge in [-0.25, -0.2) is 0 Å². The van der Waals surface area contributed by atoms with Crippen molar-refractivity contribution in [3.8, 4) is 0 Å². The van der Waals surface area contributed by atoms with E-state index < -0.39 is 0 Å². The Balaban J connectivity index is 1.77. The molecule has 0 radical (unpaired) electrons. The standard InChI is InChI=1S/C13H23N3O2/c1-15(11-2-6-14-7-3-11)10-13(18)16-8-4-12(17)5-9-16/h11,14H,2-10H2,1H3. The molecule has 2 aliphatic heterocycles. The Kier molecular flexibility index (Phi) is 4.72. The van der Waals surface area contributed by atoms with Crippen LogP contribution in [0.1, 0.15) is 25.7 Å². The molecule has 2 heterocycles. The smallest absolute Gasteiger partial charge is 0.236 e. The molecule has 1 N–H and O–H groups in total. The monoisotopic (exact) mass is 253 g/mol. The summed E-state index contributed by atoms with van der Waals surface area (Å²) < 4.78 is 0. The number of likely N-dealkylation sites (tertiary alicyclic amines) is 1. The lowest BCUT2D eigenvalue weighted by atomic mass is 10.1. The summed E-state index contributed by atoms with van der Waals surface area (Å²) >= 11 is 0. The molecule has 0 aromatic carbocycles. The number of nitrogens with one attached hydrogen (secondary N) is 1. The van der Waals surface area contributed by atoms with Gasteiger partial charge in [0.1, 0.15) is 5.78 Å². The Labute approximate surface area is 108 Å². The van der Waals surface area contributed by atoms with Gasteiger partial charge in [0.15, 0.2) is 0 Å². The minimum absolute atomic E-state index is 0.170. The third-order valence-corrected chi connectivity index (χ3v) is 3.99. The second-order valence-corrected chi connectivity index (χ2v) is 5.32. The van der Waals surface area contributed by atoms with E-state index in [1.54, 1.807) is 0 Å². The number of nitrogens with zero attached hydrogens (tertiary/aromatic N) is 2. The summed E-state index contributed by atoms with van der Waals surface area (Å²) in [5, 5.41) is 3.33. The Bertz CT molecular complexity index is 303. The first-order valence-electron chi connectivity index (χ1n) is 6.87. The predicted molar refractivity (Wildman–Crippen MR) is 69.3 cm³/mol. The lowest BCUT2D eigenvalue weighted by Gasteiger charge is -2.33. The molecule has 0 aromatic rings. The lowest BCUT2D eigenvalue weighted by molar-refractivity contribution is -0.135. The maximum Gasteiger partial charge on any atom is 0.236 e. The zero-order valence-electron chi connectivity index (χ0n) is 11.2. The quantitative estimate of drug-likeness (QED) is 0.761. The fourth-order valence-corrected chi connectivity index (χ4v) is 2.70. The van der Waals surface area contributed by atoms with Crippen LogP contribution in [0.2, 0.25) is 0 Å². The lowest BCUT2D eigenvalue weighted by Crippen LogP contribution is -2.48. The van der Waals surface area contributed by atoms with Crippen LogP contribution in [0.5, 0.6) is 0 Å². The Morgan fingerprint density at radius 2 is 1.94 bits per heavy atom. The van der Waals surface area contributed by atoms with Crippen molar-refractivity contribution in [2.45, 2.75) is 31.7 Å². The van der Waals surface area contributed by atoms with Gasteiger partial charge >= 0.3 is 0 Å². The number of likely N-dealkylation sites (N-methyl/N-ethyl adjacent to an activating group) is 1. The second-order valence-electron chi connectivity index (χ2n) is 5.32. The third kappa shape index (κ3) is 3.53. The first-order chi connectivity index (χ1) is 8.66. The predicted octanol–water partition coefficient (Wildman–Crippen LogP) is -0.138. The molecule has 1 amide bonds. The highest BCUT2D eigenvalue weighted by atomic mass is 16.2. The minimum atomic E-state index is 0.170. The molecule has 0 aromatic heterocycles. The number of Topliss-reactive ketones (excluding diaryl/α,β-unsaturated/α-hetero) is 1. The molecule has 2 rings (SSSR count). The Hall–Kier alpha value is -0.940. The molecular formula is C13H23N3O2. The molecule has 2 saturated heterocycles. The van der Waals surface area contributed by atoms with Crippen molar-refractivity contribution in [1.29, 1.82) is 0 Å². The largest absolute Gasteiger partial charge is 0.341 e. The second kappa shape index (κ2) is 6.29. The number of amides is 1. The fourth-order valence-electron chi connectivity index (χ4n) is 2.70. The van der Waals surface area contributed by atoms with E-state index >= 15 is 0 Å². The van der Waals surface area contributed by atoms with Crippen molar-refractivity contribution in [3.63, 3.8) is 0 Å². The topological polar surface area (TPSA) is 52.7 Å². The van der Waals surface area contributed by atoms with Gasteiger partial charge in [0.05, 0.1) is 6.54 Å². The summed E-state index contributed by atoms with van der Waals surface area (Å²) in [5.74, 6) is 0.453.